The van der Waals surface area contributed by atoms with Crippen molar-refractivity contribution in [2.24, 2.45) is 0 Å². The van der Waals surface area contributed by atoms with Gasteiger partial charge in [-0.25, -0.2) is 18.7 Å². The third-order valence-electron chi connectivity index (χ3n) is 7.11. The molecule has 0 spiro atoms. The SMILES string of the molecule is CC(=O)N1CC(O)(c2ccc(C#Cc3cc4n(c3)C(=O)N(CC[C@](C)(C(=O)NO)S(C)(=O)=O)C4)cc2)C1. The number of aromatic nitrogens is 1. The van der Waals surface area contributed by atoms with Crippen LogP contribution < -0.4 is 5.48 Å². The zero-order chi connectivity index (χ0) is 27.2. The first-order valence-corrected chi connectivity index (χ1v) is 13.4. The highest BCUT2D eigenvalue weighted by atomic mass is 32.2. The lowest BCUT2D eigenvalue weighted by molar-refractivity contribution is -0.154. The number of likely N-dealkylation sites (tertiary alicyclic amines) is 1. The van der Waals surface area contributed by atoms with Gasteiger partial charge in [0.2, 0.25) is 5.91 Å². The van der Waals surface area contributed by atoms with Crippen molar-refractivity contribution < 1.29 is 33.1 Å². The van der Waals surface area contributed by atoms with Gasteiger partial charge in [-0.3, -0.25) is 19.4 Å². The molecule has 0 unspecified atom stereocenters. The molecule has 0 saturated carbocycles. The Morgan fingerprint density at radius 3 is 2.32 bits per heavy atom. The second-order valence-corrected chi connectivity index (χ2v) is 12.2. The first-order valence-electron chi connectivity index (χ1n) is 11.5. The highest BCUT2D eigenvalue weighted by Gasteiger charge is 2.45. The predicted molar refractivity (Wildman–Crippen MR) is 132 cm³/mol. The maximum absolute atomic E-state index is 12.8. The van der Waals surface area contributed by atoms with Gasteiger partial charge in [0.25, 0.3) is 5.91 Å². The third kappa shape index (κ3) is 4.85. The largest absolute Gasteiger partial charge is 0.381 e. The number of fused-ring (bicyclic) bond motifs is 1. The van der Waals surface area contributed by atoms with Crippen molar-refractivity contribution in [3.05, 3.63) is 58.9 Å². The van der Waals surface area contributed by atoms with E-state index in [1.54, 1.807) is 41.4 Å². The molecule has 11 nitrogen and oxygen atoms in total. The molecule has 3 amide bonds. The highest BCUT2D eigenvalue weighted by molar-refractivity contribution is 7.92. The Morgan fingerprint density at radius 1 is 1.16 bits per heavy atom. The summed E-state index contributed by atoms with van der Waals surface area (Å²) in [6.07, 6.45) is 2.33. The summed E-state index contributed by atoms with van der Waals surface area (Å²) in [5.74, 6) is 4.92. The molecule has 2 aliphatic rings. The topological polar surface area (TPSA) is 149 Å². The van der Waals surface area contributed by atoms with Gasteiger partial charge in [-0.15, -0.1) is 0 Å². The van der Waals surface area contributed by atoms with Crippen LogP contribution in [-0.4, -0.2) is 81.6 Å². The van der Waals surface area contributed by atoms with Crippen LogP contribution in [0.15, 0.2) is 36.5 Å². The number of aliphatic hydroxyl groups is 1. The molecule has 37 heavy (non-hydrogen) atoms. The van der Waals surface area contributed by atoms with E-state index >= 15 is 0 Å². The lowest BCUT2D eigenvalue weighted by Crippen LogP contribution is -2.60. The molecule has 0 radical (unpaired) electrons. The maximum Gasteiger partial charge on any atom is 0.328 e. The van der Waals surface area contributed by atoms with Crippen molar-refractivity contribution in [2.75, 3.05) is 25.9 Å². The molecule has 12 heteroatoms. The van der Waals surface area contributed by atoms with Crippen LogP contribution in [0.5, 0.6) is 0 Å². The van der Waals surface area contributed by atoms with Gasteiger partial charge >= 0.3 is 6.03 Å². The summed E-state index contributed by atoms with van der Waals surface area (Å²) in [5.41, 5.74) is 3.09. The van der Waals surface area contributed by atoms with Gasteiger partial charge in [-0.1, -0.05) is 24.0 Å². The second-order valence-electron chi connectivity index (χ2n) is 9.72. The average molecular weight is 529 g/mol. The summed E-state index contributed by atoms with van der Waals surface area (Å²) in [7, 11) is -3.86. The molecule has 2 aliphatic heterocycles. The van der Waals surface area contributed by atoms with E-state index in [0.29, 0.717) is 16.8 Å². The quantitative estimate of drug-likeness (QED) is 0.279. The fraction of sp³-hybridized carbons (Fsp3) is 0.400. The van der Waals surface area contributed by atoms with Gasteiger partial charge in [-0.05, 0) is 37.1 Å². The van der Waals surface area contributed by atoms with Crippen LogP contribution in [0.2, 0.25) is 0 Å². The van der Waals surface area contributed by atoms with Crippen LogP contribution in [0.25, 0.3) is 0 Å². The van der Waals surface area contributed by atoms with Gasteiger partial charge in [-0.2, -0.15) is 0 Å². The molecule has 1 aromatic carbocycles. The molecule has 1 aromatic heterocycles. The van der Waals surface area contributed by atoms with Crippen molar-refractivity contribution in [3.8, 4) is 11.8 Å². The van der Waals surface area contributed by atoms with Gasteiger partial charge in [0.05, 0.1) is 19.6 Å². The van der Waals surface area contributed by atoms with E-state index in [1.165, 1.54) is 28.8 Å². The molecule has 2 aromatic rings. The summed E-state index contributed by atoms with van der Waals surface area (Å²) in [6.45, 7) is 3.43. The summed E-state index contributed by atoms with van der Waals surface area (Å²) in [6, 6.07) is 8.54. The molecule has 0 aliphatic carbocycles. The minimum Gasteiger partial charge on any atom is -0.381 e. The van der Waals surface area contributed by atoms with Crippen molar-refractivity contribution in [1.29, 1.82) is 0 Å². The Labute approximate surface area is 214 Å². The monoisotopic (exact) mass is 528 g/mol. The molecule has 1 atom stereocenters. The normalized spacial score (nSPS) is 17.8. The lowest BCUT2D eigenvalue weighted by Gasteiger charge is -2.46. The van der Waals surface area contributed by atoms with E-state index in [4.69, 9.17) is 5.21 Å². The fourth-order valence-electron chi connectivity index (χ4n) is 4.40. The van der Waals surface area contributed by atoms with Crippen LogP contribution in [0.3, 0.4) is 0 Å². The minimum absolute atomic E-state index is 0.00138. The predicted octanol–water partition coefficient (Wildman–Crippen LogP) is 0.420. The molecule has 4 rings (SSSR count). The Hall–Kier alpha value is -3.66. The zero-order valence-corrected chi connectivity index (χ0v) is 21.5. The number of rotatable bonds is 6. The number of carbonyl (C=O) groups is 3. The third-order valence-corrected chi connectivity index (χ3v) is 9.14. The number of benzene rings is 1. The molecule has 3 N–H and O–H groups in total. The van der Waals surface area contributed by atoms with Crippen molar-refractivity contribution >= 4 is 27.7 Å². The van der Waals surface area contributed by atoms with Crippen LogP contribution in [-0.2, 0) is 31.6 Å². The minimum atomic E-state index is -3.86. The second kappa shape index (κ2) is 9.33. The van der Waals surface area contributed by atoms with Crippen molar-refractivity contribution in [2.45, 2.75) is 37.2 Å². The lowest BCUT2D eigenvalue weighted by atomic mass is 9.85. The molecule has 1 fully saturated rings. The standard InChI is InChI=1S/C25H28N4O7S/c1-17(30)28-15-25(33,16-28)20-8-6-18(7-9-20)4-5-19-12-21-14-27(23(32)29(21)13-19)11-10-24(2,22(31)26-34)37(3,35)36/h6-9,12-13,33-34H,10-11,14-16H2,1-3H3,(H,26,31)/t24-/m1/s1. The van der Waals surface area contributed by atoms with Gasteiger partial charge in [0.1, 0.15) is 5.60 Å². The Bertz CT molecular complexity index is 1430. The Morgan fingerprint density at radius 2 is 1.78 bits per heavy atom. The van der Waals surface area contributed by atoms with Crippen molar-refractivity contribution in [1.82, 2.24) is 19.8 Å². The van der Waals surface area contributed by atoms with E-state index in [2.05, 4.69) is 11.8 Å². The fourth-order valence-corrected chi connectivity index (χ4v) is 5.24. The number of sulfone groups is 1. The Balaban J connectivity index is 1.40. The summed E-state index contributed by atoms with van der Waals surface area (Å²) in [5, 5.41) is 19.6. The average Bonchev–Trinajstić information content (AvgIpc) is 3.36. The Kier molecular flexibility index (Phi) is 6.66. The molecule has 1 saturated heterocycles. The molecular formula is C25H28N4O7S. The van der Waals surface area contributed by atoms with E-state index in [1.807, 2.05) is 0 Å². The molecule has 196 valence electrons. The van der Waals surface area contributed by atoms with Crippen LogP contribution >= 0.6 is 0 Å². The summed E-state index contributed by atoms with van der Waals surface area (Å²) in [4.78, 5) is 39.2. The molecular weight excluding hydrogens is 500 g/mol. The number of β-amino-alcohol motifs (C(OH)–C–C–N with tert-alkyl or cyclic N) is 1. The van der Waals surface area contributed by atoms with E-state index < -0.39 is 26.1 Å². The summed E-state index contributed by atoms with van der Waals surface area (Å²) < 4.78 is 23.8. The number of hydrogen-bond donors (Lipinski definition) is 3. The van der Waals surface area contributed by atoms with E-state index in [-0.39, 0.29) is 44.5 Å². The zero-order valence-electron chi connectivity index (χ0n) is 20.7. The number of hydrogen-bond acceptors (Lipinski definition) is 7. The van der Waals surface area contributed by atoms with E-state index in [9.17, 15) is 27.9 Å². The number of carbonyl (C=O) groups excluding carboxylic acids is 3. The number of amides is 3. The first kappa shape index (κ1) is 26.4. The smallest absolute Gasteiger partial charge is 0.328 e. The number of nitrogens with zero attached hydrogens (tertiary/aromatic N) is 3. The summed E-state index contributed by atoms with van der Waals surface area (Å²) >= 11 is 0. The van der Waals surface area contributed by atoms with Crippen molar-refractivity contribution in [3.63, 3.8) is 0 Å². The van der Waals surface area contributed by atoms with Crippen LogP contribution in [0.1, 0.15) is 42.7 Å². The maximum atomic E-state index is 12.8. The van der Waals surface area contributed by atoms with Gasteiger partial charge in [0, 0.05) is 42.7 Å². The van der Waals surface area contributed by atoms with E-state index in [0.717, 1.165) is 11.8 Å². The number of hydroxylamine groups is 1. The number of nitrogens with one attached hydrogen (secondary N) is 1. The molecule has 0 bridgehead atoms. The van der Waals surface area contributed by atoms with Gasteiger partial charge in [0.15, 0.2) is 14.6 Å². The highest BCUT2D eigenvalue weighted by Crippen LogP contribution is 2.32. The van der Waals surface area contributed by atoms with Gasteiger partial charge < -0.3 is 14.9 Å². The van der Waals surface area contributed by atoms with Crippen LogP contribution in [0.4, 0.5) is 4.79 Å². The van der Waals surface area contributed by atoms with Crippen LogP contribution in [0, 0.1) is 11.8 Å². The molecule has 3 heterocycles. The first-order chi connectivity index (χ1) is 17.3.